The predicted molar refractivity (Wildman–Crippen MR) is 99.7 cm³/mol. The Kier molecular flexibility index (Phi) is 6.42. The zero-order valence-electron chi connectivity index (χ0n) is 13.8. The maximum Gasteiger partial charge on any atom is 0.322 e. The minimum Gasteiger partial charge on any atom is -0.480 e. The van der Waals surface area contributed by atoms with Crippen LogP contribution in [0.15, 0.2) is 41.3 Å². The van der Waals surface area contributed by atoms with Crippen molar-refractivity contribution in [2.75, 3.05) is 0 Å². The van der Waals surface area contributed by atoms with Crippen LogP contribution in [0.1, 0.15) is 11.1 Å². The molecule has 11 heteroatoms. The predicted octanol–water partition coefficient (Wildman–Crippen LogP) is 3.18. The number of halogens is 2. The van der Waals surface area contributed by atoms with Crippen molar-refractivity contribution in [2.24, 2.45) is 0 Å². The lowest BCUT2D eigenvalue weighted by molar-refractivity contribution is -0.384. The first-order valence-corrected chi connectivity index (χ1v) is 9.69. The largest absolute Gasteiger partial charge is 0.480 e. The average Bonchev–Trinajstić information content (AvgIpc) is 2.57. The standard InChI is InChI=1S/C16H14Cl2N2O6S/c1-9-6-15(13(18)8-12(9)17)27(25,26)19-14(16(21)22)7-10-2-4-11(5-3-10)20(23)24/h2-6,8,14,19H,7H2,1H3,(H,21,22)/t14-/m0/s1. The third kappa shape index (κ3) is 5.16. The van der Waals surface area contributed by atoms with Gasteiger partial charge in [0.05, 0.1) is 9.95 Å². The minimum absolute atomic E-state index is 0.141. The highest BCUT2D eigenvalue weighted by atomic mass is 35.5. The fourth-order valence-electron chi connectivity index (χ4n) is 2.26. The van der Waals surface area contributed by atoms with E-state index in [1.807, 2.05) is 0 Å². The molecule has 0 aliphatic heterocycles. The van der Waals surface area contributed by atoms with Crippen LogP contribution in [-0.2, 0) is 21.2 Å². The van der Waals surface area contributed by atoms with Crippen LogP contribution in [-0.4, -0.2) is 30.5 Å². The fourth-order valence-corrected chi connectivity index (χ4v) is 4.28. The van der Waals surface area contributed by atoms with Crippen LogP contribution >= 0.6 is 23.2 Å². The lowest BCUT2D eigenvalue weighted by Gasteiger charge is -2.16. The number of rotatable bonds is 7. The molecule has 27 heavy (non-hydrogen) atoms. The molecule has 144 valence electrons. The molecule has 0 aromatic heterocycles. The van der Waals surface area contributed by atoms with Crippen LogP contribution in [0.3, 0.4) is 0 Å². The number of sulfonamides is 1. The molecular weight excluding hydrogens is 419 g/mol. The van der Waals surface area contributed by atoms with Gasteiger partial charge >= 0.3 is 5.97 Å². The average molecular weight is 433 g/mol. The first-order chi connectivity index (χ1) is 12.5. The van der Waals surface area contributed by atoms with E-state index in [0.29, 0.717) is 11.1 Å². The molecule has 1 atom stereocenters. The maximum atomic E-state index is 12.6. The Morgan fingerprint density at radius 3 is 2.33 bits per heavy atom. The maximum absolute atomic E-state index is 12.6. The van der Waals surface area contributed by atoms with Crippen LogP contribution in [0.2, 0.25) is 10.0 Å². The van der Waals surface area contributed by atoms with Crippen LogP contribution in [0, 0.1) is 17.0 Å². The Morgan fingerprint density at radius 1 is 1.22 bits per heavy atom. The molecule has 0 amide bonds. The van der Waals surface area contributed by atoms with Gasteiger partial charge in [-0.25, -0.2) is 8.42 Å². The molecule has 0 unspecified atom stereocenters. The molecule has 0 spiro atoms. The van der Waals surface area contributed by atoms with Crippen LogP contribution in [0.4, 0.5) is 5.69 Å². The molecule has 2 N–H and O–H groups in total. The van der Waals surface area contributed by atoms with E-state index < -0.39 is 27.0 Å². The van der Waals surface area contributed by atoms with E-state index >= 15 is 0 Å². The first kappa shape index (κ1) is 21.1. The van der Waals surface area contributed by atoms with E-state index in [-0.39, 0.29) is 27.0 Å². The quantitative estimate of drug-likeness (QED) is 0.510. The van der Waals surface area contributed by atoms with Crippen molar-refractivity contribution in [1.82, 2.24) is 4.72 Å². The number of carboxylic acid groups (broad SMARTS) is 1. The number of hydrogen-bond donors (Lipinski definition) is 2. The molecule has 0 radical (unpaired) electrons. The van der Waals surface area contributed by atoms with Gasteiger partial charge in [0.15, 0.2) is 0 Å². The van der Waals surface area contributed by atoms with Crippen LogP contribution in [0.5, 0.6) is 0 Å². The van der Waals surface area contributed by atoms with Gasteiger partial charge < -0.3 is 5.11 Å². The number of non-ortho nitro benzene ring substituents is 1. The van der Waals surface area contributed by atoms with E-state index in [9.17, 15) is 28.4 Å². The van der Waals surface area contributed by atoms with Crippen molar-refractivity contribution in [3.63, 3.8) is 0 Å². The SMILES string of the molecule is Cc1cc(S(=O)(=O)N[C@@H](Cc2ccc([N+](=O)[O-])cc2)C(=O)O)c(Cl)cc1Cl. The van der Waals surface area contributed by atoms with Gasteiger partial charge in [0.2, 0.25) is 10.0 Å². The topological polar surface area (TPSA) is 127 Å². The van der Waals surface area contributed by atoms with Gasteiger partial charge in [-0.1, -0.05) is 35.3 Å². The van der Waals surface area contributed by atoms with E-state index in [1.165, 1.54) is 36.4 Å². The Balaban J connectivity index is 2.28. The zero-order valence-corrected chi connectivity index (χ0v) is 16.2. The van der Waals surface area contributed by atoms with E-state index in [1.54, 1.807) is 6.92 Å². The molecule has 0 fully saturated rings. The Bertz CT molecular complexity index is 993. The molecule has 0 saturated carbocycles. The van der Waals surface area contributed by atoms with Gasteiger partial charge in [-0.05, 0) is 36.6 Å². The number of aryl methyl sites for hydroxylation is 1. The summed E-state index contributed by atoms with van der Waals surface area (Å²) < 4.78 is 27.2. The number of benzene rings is 2. The summed E-state index contributed by atoms with van der Waals surface area (Å²) in [5.41, 5.74) is 0.715. The van der Waals surface area contributed by atoms with Gasteiger partial charge in [0, 0.05) is 17.2 Å². The van der Waals surface area contributed by atoms with E-state index in [0.717, 1.165) is 0 Å². The van der Waals surface area contributed by atoms with Crippen molar-refractivity contribution in [1.29, 1.82) is 0 Å². The normalized spacial score (nSPS) is 12.6. The van der Waals surface area contributed by atoms with E-state index in [4.69, 9.17) is 23.2 Å². The lowest BCUT2D eigenvalue weighted by Crippen LogP contribution is -2.42. The van der Waals surface area contributed by atoms with Gasteiger partial charge in [-0.2, -0.15) is 4.72 Å². The van der Waals surface area contributed by atoms with Gasteiger partial charge in [-0.15, -0.1) is 0 Å². The molecule has 2 aromatic rings. The second-order valence-electron chi connectivity index (χ2n) is 5.67. The summed E-state index contributed by atoms with van der Waals surface area (Å²) in [5, 5.41) is 20.2. The smallest absolute Gasteiger partial charge is 0.322 e. The molecule has 0 bridgehead atoms. The second-order valence-corrected chi connectivity index (χ2v) is 8.17. The third-order valence-electron chi connectivity index (χ3n) is 3.69. The number of carboxylic acids is 1. The molecular formula is C16H14Cl2N2O6S. The lowest BCUT2D eigenvalue weighted by atomic mass is 10.1. The van der Waals surface area contributed by atoms with Crippen molar-refractivity contribution < 1.29 is 23.2 Å². The Hall–Kier alpha value is -2.20. The summed E-state index contributed by atoms with van der Waals surface area (Å²) in [7, 11) is -4.25. The molecule has 2 aromatic carbocycles. The second kappa shape index (κ2) is 8.22. The van der Waals surface area contributed by atoms with Crippen molar-refractivity contribution in [2.45, 2.75) is 24.3 Å². The number of hydrogen-bond acceptors (Lipinski definition) is 5. The number of nitrogens with one attached hydrogen (secondary N) is 1. The van der Waals surface area contributed by atoms with Crippen molar-refractivity contribution in [3.8, 4) is 0 Å². The summed E-state index contributed by atoms with van der Waals surface area (Å²) >= 11 is 11.8. The van der Waals surface area contributed by atoms with Crippen LogP contribution in [0.25, 0.3) is 0 Å². The molecule has 0 aliphatic rings. The highest BCUT2D eigenvalue weighted by Gasteiger charge is 2.28. The van der Waals surface area contributed by atoms with Gasteiger partial charge in [0.1, 0.15) is 10.9 Å². The summed E-state index contributed by atoms with van der Waals surface area (Å²) in [6.45, 7) is 1.59. The molecule has 8 nitrogen and oxygen atoms in total. The van der Waals surface area contributed by atoms with Gasteiger partial charge in [-0.3, -0.25) is 14.9 Å². The fraction of sp³-hybridized carbons (Fsp3) is 0.188. The third-order valence-corrected chi connectivity index (χ3v) is 6.03. The zero-order chi connectivity index (χ0) is 20.4. The molecule has 2 rings (SSSR count). The first-order valence-electron chi connectivity index (χ1n) is 7.45. The summed E-state index contributed by atoms with van der Waals surface area (Å²) in [4.78, 5) is 21.3. The Morgan fingerprint density at radius 2 is 1.81 bits per heavy atom. The number of nitro groups is 1. The van der Waals surface area contributed by atoms with E-state index in [2.05, 4.69) is 4.72 Å². The Labute approximate surface area is 164 Å². The molecule has 0 aliphatic carbocycles. The highest BCUT2D eigenvalue weighted by Crippen LogP contribution is 2.28. The summed E-state index contributed by atoms with van der Waals surface area (Å²) in [6.07, 6.45) is -0.212. The van der Waals surface area contributed by atoms with Gasteiger partial charge in [0.25, 0.3) is 5.69 Å². The minimum atomic E-state index is -4.25. The highest BCUT2D eigenvalue weighted by molar-refractivity contribution is 7.89. The monoisotopic (exact) mass is 432 g/mol. The van der Waals surface area contributed by atoms with Crippen LogP contribution < -0.4 is 4.72 Å². The molecule has 0 saturated heterocycles. The number of aliphatic carboxylic acids is 1. The number of nitrogens with zero attached hydrogens (tertiary/aromatic N) is 1. The summed E-state index contributed by atoms with van der Waals surface area (Å²) in [5.74, 6) is -1.40. The number of carbonyl (C=O) groups is 1. The molecule has 0 heterocycles. The number of nitro benzene ring substituents is 1. The van der Waals surface area contributed by atoms with Crippen molar-refractivity contribution >= 4 is 44.9 Å². The van der Waals surface area contributed by atoms with Crippen molar-refractivity contribution in [3.05, 3.63) is 67.7 Å². The summed E-state index contributed by atoms with van der Waals surface area (Å²) in [6, 6.07) is 6.16.